The Kier molecular flexibility index (Phi) is 4.47. The van der Waals surface area contributed by atoms with Crippen LogP contribution in [0.2, 0.25) is 0 Å². The molecule has 0 aliphatic heterocycles. The molecule has 2 aromatic rings. The SMILES string of the molecule is Cc1nc(N(C)S(C)(=O)=O)sc1C(=O)Nc1ccc(F)cc1. The van der Waals surface area contributed by atoms with Gasteiger partial charge in [-0.05, 0) is 31.2 Å². The van der Waals surface area contributed by atoms with Crippen molar-refractivity contribution in [3.8, 4) is 0 Å². The largest absolute Gasteiger partial charge is 0.321 e. The van der Waals surface area contributed by atoms with E-state index in [1.807, 2.05) is 0 Å². The zero-order valence-corrected chi connectivity index (χ0v) is 13.8. The number of carbonyl (C=O) groups excluding carboxylic acids is 1. The average Bonchev–Trinajstić information content (AvgIpc) is 2.81. The summed E-state index contributed by atoms with van der Waals surface area (Å²) in [6.45, 7) is 1.62. The Morgan fingerprint density at radius 1 is 1.32 bits per heavy atom. The molecule has 0 saturated heterocycles. The Hall–Kier alpha value is -2.00. The molecular weight excluding hydrogens is 329 g/mol. The minimum absolute atomic E-state index is 0.212. The number of halogens is 1. The summed E-state index contributed by atoms with van der Waals surface area (Å²) in [5.41, 5.74) is 0.868. The van der Waals surface area contributed by atoms with Crippen LogP contribution in [0.1, 0.15) is 15.4 Å². The first kappa shape index (κ1) is 16.4. The summed E-state index contributed by atoms with van der Waals surface area (Å²) < 4.78 is 36.8. The Labute approximate surface area is 131 Å². The van der Waals surface area contributed by atoms with Crippen molar-refractivity contribution >= 4 is 38.1 Å². The number of benzene rings is 1. The highest BCUT2D eigenvalue weighted by molar-refractivity contribution is 7.92. The van der Waals surface area contributed by atoms with Crippen LogP contribution in [0.3, 0.4) is 0 Å². The minimum Gasteiger partial charge on any atom is -0.321 e. The maximum Gasteiger partial charge on any atom is 0.267 e. The van der Waals surface area contributed by atoms with Gasteiger partial charge < -0.3 is 5.32 Å². The van der Waals surface area contributed by atoms with Crippen LogP contribution in [0, 0.1) is 12.7 Å². The highest BCUT2D eigenvalue weighted by atomic mass is 32.2. The number of nitrogens with one attached hydrogen (secondary N) is 1. The van der Waals surface area contributed by atoms with Crippen molar-refractivity contribution in [3.05, 3.63) is 40.7 Å². The monoisotopic (exact) mass is 343 g/mol. The van der Waals surface area contributed by atoms with Crippen molar-refractivity contribution in [1.82, 2.24) is 4.98 Å². The second-order valence-electron chi connectivity index (χ2n) is 4.60. The van der Waals surface area contributed by atoms with Crippen LogP contribution >= 0.6 is 11.3 Å². The summed E-state index contributed by atoms with van der Waals surface area (Å²) >= 11 is 0.975. The lowest BCUT2D eigenvalue weighted by Gasteiger charge is -2.11. The molecule has 118 valence electrons. The van der Waals surface area contributed by atoms with Gasteiger partial charge in [0.1, 0.15) is 10.7 Å². The molecule has 1 heterocycles. The van der Waals surface area contributed by atoms with Crippen molar-refractivity contribution < 1.29 is 17.6 Å². The number of thiazole rings is 1. The van der Waals surface area contributed by atoms with Crippen molar-refractivity contribution in [3.63, 3.8) is 0 Å². The summed E-state index contributed by atoms with van der Waals surface area (Å²) in [5, 5.41) is 2.83. The fraction of sp³-hybridized carbons (Fsp3) is 0.231. The number of hydrogen-bond acceptors (Lipinski definition) is 5. The third kappa shape index (κ3) is 3.60. The van der Waals surface area contributed by atoms with Gasteiger partial charge in [-0.25, -0.2) is 22.1 Å². The van der Waals surface area contributed by atoms with Gasteiger partial charge in [-0.3, -0.25) is 4.79 Å². The Morgan fingerprint density at radius 3 is 2.45 bits per heavy atom. The highest BCUT2D eigenvalue weighted by Crippen LogP contribution is 2.27. The molecule has 1 aromatic heterocycles. The maximum atomic E-state index is 12.8. The van der Waals surface area contributed by atoms with E-state index in [4.69, 9.17) is 0 Å². The lowest BCUT2D eigenvalue weighted by molar-refractivity contribution is 0.103. The van der Waals surface area contributed by atoms with E-state index in [1.165, 1.54) is 31.3 Å². The molecule has 2 rings (SSSR count). The van der Waals surface area contributed by atoms with Gasteiger partial charge in [0, 0.05) is 12.7 Å². The third-order valence-electron chi connectivity index (χ3n) is 2.86. The molecule has 0 saturated carbocycles. The molecule has 22 heavy (non-hydrogen) atoms. The Morgan fingerprint density at radius 2 is 1.91 bits per heavy atom. The molecule has 0 aliphatic carbocycles. The summed E-state index contributed by atoms with van der Waals surface area (Å²) in [6, 6.07) is 5.34. The predicted molar refractivity (Wildman–Crippen MR) is 84.5 cm³/mol. The second kappa shape index (κ2) is 6.01. The summed E-state index contributed by atoms with van der Waals surface area (Å²) in [6.07, 6.45) is 1.06. The van der Waals surface area contributed by atoms with Crippen LogP contribution in [-0.4, -0.2) is 32.6 Å². The number of aromatic nitrogens is 1. The molecule has 1 N–H and O–H groups in total. The standard InChI is InChI=1S/C13H14FN3O3S2/c1-8-11(21-13(15-8)17(2)22(3,19)20)12(18)16-10-6-4-9(14)5-7-10/h4-7H,1-3H3,(H,16,18). The van der Waals surface area contributed by atoms with Gasteiger partial charge in [-0.1, -0.05) is 11.3 Å². The number of carbonyl (C=O) groups is 1. The van der Waals surface area contributed by atoms with E-state index in [0.717, 1.165) is 21.9 Å². The topological polar surface area (TPSA) is 79.4 Å². The first-order valence-corrected chi connectivity index (χ1v) is 8.83. The number of amides is 1. The van der Waals surface area contributed by atoms with Crippen molar-refractivity contribution in [1.29, 1.82) is 0 Å². The second-order valence-corrected chi connectivity index (χ2v) is 7.59. The molecule has 0 fully saturated rings. The van der Waals surface area contributed by atoms with E-state index in [0.29, 0.717) is 16.3 Å². The van der Waals surface area contributed by atoms with Crippen LogP contribution < -0.4 is 9.62 Å². The van der Waals surface area contributed by atoms with E-state index in [1.54, 1.807) is 6.92 Å². The number of hydrogen-bond donors (Lipinski definition) is 1. The molecule has 0 aliphatic rings. The lowest BCUT2D eigenvalue weighted by atomic mass is 10.3. The molecule has 6 nitrogen and oxygen atoms in total. The van der Waals surface area contributed by atoms with Gasteiger partial charge in [-0.15, -0.1) is 0 Å². The Bertz CT molecular complexity index is 800. The van der Waals surface area contributed by atoms with Gasteiger partial charge in [0.2, 0.25) is 10.0 Å². The van der Waals surface area contributed by atoms with E-state index in [-0.39, 0.29) is 5.13 Å². The highest BCUT2D eigenvalue weighted by Gasteiger charge is 2.21. The molecule has 0 radical (unpaired) electrons. The number of nitrogens with zero attached hydrogens (tertiary/aromatic N) is 2. The van der Waals surface area contributed by atoms with Crippen LogP contribution in [-0.2, 0) is 10.0 Å². The number of aryl methyl sites for hydroxylation is 1. The van der Waals surface area contributed by atoms with Crippen molar-refractivity contribution in [2.24, 2.45) is 0 Å². The minimum atomic E-state index is -3.44. The van der Waals surface area contributed by atoms with Crippen molar-refractivity contribution in [2.75, 3.05) is 22.9 Å². The number of rotatable bonds is 4. The quantitative estimate of drug-likeness (QED) is 0.923. The summed E-state index contributed by atoms with van der Waals surface area (Å²) in [4.78, 5) is 16.6. The van der Waals surface area contributed by atoms with Crippen LogP contribution in [0.5, 0.6) is 0 Å². The van der Waals surface area contributed by atoms with Gasteiger partial charge in [-0.2, -0.15) is 0 Å². The molecule has 0 atom stereocenters. The molecule has 0 spiro atoms. The normalized spacial score (nSPS) is 11.3. The van der Waals surface area contributed by atoms with E-state index in [2.05, 4.69) is 10.3 Å². The zero-order valence-electron chi connectivity index (χ0n) is 12.1. The average molecular weight is 343 g/mol. The van der Waals surface area contributed by atoms with E-state index < -0.39 is 21.7 Å². The van der Waals surface area contributed by atoms with Crippen LogP contribution in [0.4, 0.5) is 15.2 Å². The van der Waals surface area contributed by atoms with Gasteiger partial charge in [0.15, 0.2) is 5.13 Å². The number of anilines is 2. The molecule has 1 aromatic carbocycles. The summed E-state index contributed by atoms with van der Waals surface area (Å²) in [7, 11) is -2.07. The van der Waals surface area contributed by atoms with Gasteiger partial charge >= 0.3 is 0 Å². The van der Waals surface area contributed by atoms with Crippen molar-refractivity contribution in [2.45, 2.75) is 6.92 Å². The van der Waals surface area contributed by atoms with Crippen LogP contribution in [0.25, 0.3) is 0 Å². The smallest absolute Gasteiger partial charge is 0.267 e. The maximum absolute atomic E-state index is 12.8. The van der Waals surface area contributed by atoms with Crippen LogP contribution in [0.15, 0.2) is 24.3 Å². The Balaban J connectivity index is 2.24. The van der Waals surface area contributed by atoms with E-state index in [9.17, 15) is 17.6 Å². The number of sulfonamides is 1. The lowest BCUT2D eigenvalue weighted by Crippen LogP contribution is -2.24. The first-order chi connectivity index (χ1) is 10.2. The van der Waals surface area contributed by atoms with Gasteiger partial charge in [0.05, 0.1) is 11.9 Å². The third-order valence-corrected chi connectivity index (χ3v) is 5.38. The fourth-order valence-corrected chi connectivity index (χ4v) is 3.26. The fourth-order valence-electron chi connectivity index (χ4n) is 1.59. The molecule has 9 heteroatoms. The molecule has 0 unspecified atom stereocenters. The molecule has 0 bridgehead atoms. The first-order valence-electron chi connectivity index (χ1n) is 6.16. The molecule has 1 amide bonds. The predicted octanol–water partition coefficient (Wildman–Crippen LogP) is 2.24. The van der Waals surface area contributed by atoms with Gasteiger partial charge in [0.25, 0.3) is 5.91 Å². The van der Waals surface area contributed by atoms with E-state index >= 15 is 0 Å². The molecular formula is C13H14FN3O3S2. The summed E-state index contributed by atoms with van der Waals surface area (Å²) in [5.74, 6) is -0.821. The zero-order chi connectivity index (χ0) is 16.5.